The minimum atomic E-state index is -0.479. The van der Waals surface area contributed by atoms with E-state index in [0.717, 1.165) is 36.1 Å². The molecule has 3 heterocycles. The molecule has 0 aromatic carbocycles. The third-order valence-electron chi connectivity index (χ3n) is 4.60. The molecule has 0 saturated heterocycles. The van der Waals surface area contributed by atoms with Crippen molar-refractivity contribution in [3.8, 4) is 0 Å². The van der Waals surface area contributed by atoms with E-state index < -0.39 is 5.97 Å². The lowest BCUT2D eigenvalue weighted by Gasteiger charge is -2.09. The summed E-state index contributed by atoms with van der Waals surface area (Å²) >= 11 is 2.90. The van der Waals surface area contributed by atoms with E-state index >= 15 is 0 Å². The summed E-state index contributed by atoms with van der Waals surface area (Å²) in [6.45, 7) is -0.264. The van der Waals surface area contributed by atoms with E-state index in [1.165, 1.54) is 16.2 Å². The van der Waals surface area contributed by atoms with Crippen molar-refractivity contribution in [2.24, 2.45) is 0 Å². The van der Waals surface area contributed by atoms with Crippen molar-refractivity contribution < 1.29 is 14.3 Å². The summed E-state index contributed by atoms with van der Waals surface area (Å²) in [7, 11) is 0. The molecule has 8 heteroatoms. The number of ether oxygens (including phenoxy) is 1. The number of aromatic nitrogens is 2. The molecule has 0 fully saturated rings. The van der Waals surface area contributed by atoms with Crippen LogP contribution in [-0.4, -0.2) is 28.3 Å². The number of rotatable bonds is 6. The topological polar surface area (TPSA) is 89.1 Å². The van der Waals surface area contributed by atoms with Crippen molar-refractivity contribution in [2.45, 2.75) is 38.5 Å². The first-order valence-corrected chi connectivity index (χ1v) is 10.6. The number of esters is 1. The van der Waals surface area contributed by atoms with E-state index in [1.807, 2.05) is 0 Å². The zero-order chi connectivity index (χ0) is 18.8. The van der Waals surface area contributed by atoms with Crippen molar-refractivity contribution in [1.82, 2.24) is 9.97 Å². The standard InChI is InChI=1S/C19H18N2O4S2/c22-12(14-6-3-9-26-14)10-25-16(23)8-7-15-20-18(24)17-11-4-1-2-5-13(11)27-19(17)21-15/h3,6,9H,1-2,4-5,7-8,10H2,(H,20,21,24). The molecule has 1 aliphatic rings. The van der Waals surface area contributed by atoms with E-state index in [4.69, 9.17) is 4.74 Å². The number of carbonyl (C=O) groups is 2. The van der Waals surface area contributed by atoms with Crippen LogP contribution in [0, 0.1) is 0 Å². The fraction of sp³-hybridized carbons (Fsp3) is 0.368. The van der Waals surface area contributed by atoms with Gasteiger partial charge < -0.3 is 9.72 Å². The normalized spacial score (nSPS) is 13.5. The average Bonchev–Trinajstić information content (AvgIpc) is 3.32. The number of hydrogen-bond donors (Lipinski definition) is 1. The molecule has 3 aromatic heterocycles. The van der Waals surface area contributed by atoms with E-state index in [0.29, 0.717) is 16.1 Å². The van der Waals surface area contributed by atoms with Crippen LogP contribution in [0.5, 0.6) is 0 Å². The molecule has 0 saturated carbocycles. The van der Waals surface area contributed by atoms with Gasteiger partial charge in [0, 0.05) is 11.3 Å². The summed E-state index contributed by atoms with van der Waals surface area (Å²) in [5.74, 6) is -0.212. The third-order valence-corrected chi connectivity index (χ3v) is 6.70. The lowest BCUT2D eigenvalue weighted by Crippen LogP contribution is -2.16. The Hall–Kier alpha value is -2.32. The van der Waals surface area contributed by atoms with Gasteiger partial charge in [0.05, 0.1) is 16.7 Å². The summed E-state index contributed by atoms with van der Waals surface area (Å²) < 4.78 is 5.03. The molecule has 0 aliphatic heterocycles. The maximum atomic E-state index is 12.5. The fourth-order valence-corrected chi connectivity index (χ4v) is 5.21. The third kappa shape index (κ3) is 3.86. The molecular weight excluding hydrogens is 384 g/mol. The van der Waals surface area contributed by atoms with Crippen molar-refractivity contribution >= 4 is 44.6 Å². The van der Waals surface area contributed by atoms with Crippen LogP contribution in [-0.2, 0) is 28.8 Å². The monoisotopic (exact) mass is 402 g/mol. The van der Waals surface area contributed by atoms with Gasteiger partial charge in [0.2, 0.25) is 5.78 Å². The lowest BCUT2D eigenvalue weighted by molar-refractivity contribution is -0.142. The highest BCUT2D eigenvalue weighted by molar-refractivity contribution is 7.18. The first kappa shape index (κ1) is 18.1. The smallest absolute Gasteiger partial charge is 0.306 e. The zero-order valence-corrected chi connectivity index (χ0v) is 16.2. The molecule has 0 spiro atoms. The van der Waals surface area contributed by atoms with E-state index in [2.05, 4.69) is 9.97 Å². The van der Waals surface area contributed by atoms with Crippen molar-refractivity contribution in [2.75, 3.05) is 6.61 Å². The largest absolute Gasteiger partial charge is 0.457 e. The number of aryl methyl sites for hydroxylation is 3. The predicted octanol–water partition coefficient (Wildman–Crippen LogP) is 3.28. The van der Waals surface area contributed by atoms with E-state index in [-0.39, 0.29) is 30.8 Å². The molecule has 0 radical (unpaired) electrons. The summed E-state index contributed by atoms with van der Waals surface area (Å²) in [6.07, 6.45) is 4.55. The second-order valence-electron chi connectivity index (χ2n) is 6.46. The van der Waals surface area contributed by atoms with Crippen molar-refractivity contribution in [3.63, 3.8) is 0 Å². The summed E-state index contributed by atoms with van der Waals surface area (Å²) in [5, 5.41) is 2.51. The van der Waals surface area contributed by atoms with Gasteiger partial charge in [-0.1, -0.05) is 6.07 Å². The number of carbonyl (C=O) groups excluding carboxylic acids is 2. The fourth-order valence-electron chi connectivity index (χ4n) is 3.27. The number of fused-ring (bicyclic) bond motifs is 3. The van der Waals surface area contributed by atoms with Gasteiger partial charge in [0.1, 0.15) is 10.7 Å². The highest BCUT2D eigenvalue weighted by atomic mass is 32.1. The number of aromatic amines is 1. The molecule has 3 aromatic rings. The van der Waals surface area contributed by atoms with Gasteiger partial charge in [-0.05, 0) is 42.7 Å². The van der Waals surface area contributed by atoms with Crippen molar-refractivity contribution in [3.05, 3.63) is 49.0 Å². The molecule has 1 aliphatic carbocycles. The second-order valence-corrected chi connectivity index (χ2v) is 8.50. The van der Waals surface area contributed by atoms with Gasteiger partial charge in [0.25, 0.3) is 5.56 Å². The Labute approximate surface area is 163 Å². The van der Waals surface area contributed by atoms with Crippen LogP contribution in [0.1, 0.15) is 45.2 Å². The minimum Gasteiger partial charge on any atom is -0.457 e. The number of nitrogens with zero attached hydrogens (tertiary/aromatic N) is 1. The molecule has 140 valence electrons. The van der Waals surface area contributed by atoms with Crippen LogP contribution in [0.3, 0.4) is 0 Å². The Bertz CT molecular complexity index is 1050. The number of hydrogen-bond acceptors (Lipinski definition) is 7. The van der Waals surface area contributed by atoms with Gasteiger partial charge in [-0.25, -0.2) is 4.98 Å². The van der Waals surface area contributed by atoms with Crippen LogP contribution in [0.4, 0.5) is 0 Å². The first-order valence-electron chi connectivity index (χ1n) is 8.87. The van der Waals surface area contributed by atoms with Gasteiger partial charge >= 0.3 is 5.97 Å². The Morgan fingerprint density at radius 2 is 2.11 bits per heavy atom. The summed E-state index contributed by atoms with van der Waals surface area (Å²) in [4.78, 5) is 46.2. The molecule has 1 N–H and O–H groups in total. The van der Waals surface area contributed by atoms with E-state index in [1.54, 1.807) is 28.8 Å². The van der Waals surface area contributed by atoms with Gasteiger partial charge in [-0.15, -0.1) is 22.7 Å². The number of ketones is 1. The first-order chi connectivity index (χ1) is 13.1. The SMILES string of the molecule is O=C(CCc1nc2sc3c(c2c(=O)[nH]1)CCCC3)OCC(=O)c1cccs1. The molecule has 0 atom stereocenters. The Balaban J connectivity index is 1.39. The predicted molar refractivity (Wildman–Crippen MR) is 105 cm³/mol. The number of Topliss-reactive ketones (excluding diaryl/α,β-unsaturated/α-hetero) is 1. The van der Waals surface area contributed by atoms with Crippen LogP contribution >= 0.6 is 22.7 Å². The molecule has 4 rings (SSSR count). The number of thiophene rings is 2. The van der Waals surface area contributed by atoms with Gasteiger partial charge in [-0.2, -0.15) is 0 Å². The van der Waals surface area contributed by atoms with E-state index in [9.17, 15) is 14.4 Å². The van der Waals surface area contributed by atoms with Crippen LogP contribution in [0.25, 0.3) is 10.2 Å². The van der Waals surface area contributed by atoms with Crippen LogP contribution in [0.2, 0.25) is 0 Å². The van der Waals surface area contributed by atoms with Crippen molar-refractivity contribution in [1.29, 1.82) is 0 Å². The molecule has 0 amide bonds. The lowest BCUT2D eigenvalue weighted by atomic mass is 9.97. The molecule has 6 nitrogen and oxygen atoms in total. The summed E-state index contributed by atoms with van der Waals surface area (Å²) in [5.41, 5.74) is 1.02. The van der Waals surface area contributed by atoms with Gasteiger partial charge in [0.15, 0.2) is 6.61 Å². The molecule has 0 bridgehead atoms. The average molecular weight is 402 g/mol. The summed E-state index contributed by atoms with van der Waals surface area (Å²) in [6, 6.07) is 3.48. The van der Waals surface area contributed by atoms with Gasteiger partial charge in [-0.3, -0.25) is 14.4 Å². The van der Waals surface area contributed by atoms with Crippen LogP contribution in [0.15, 0.2) is 22.3 Å². The van der Waals surface area contributed by atoms with Crippen LogP contribution < -0.4 is 5.56 Å². The Morgan fingerprint density at radius 3 is 2.93 bits per heavy atom. The quantitative estimate of drug-likeness (QED) is 0.505. The molecule has 0 unspecified atom stereocenters. The molecule has 27 heavy (non-hydrogen) atoms. The minimum absolute atomic E-state index is 0.0667. The Kier molecular flexibility index (Phi) is 5.18. The maximum Gasteiger partial charge on any atom is 0.306 e. The number of nitrogens with one attached hydrogen (secondary N) is 1. The second kappa shape index (κ2) is 7.74. The number of H-pyrrole nitrogens is 1. The highest BCUT2D eigenvalue weighted by Crippen LogP contribution is 2.33. The maximum absolute atomic E-state index is 12.5. The molecular formula is C19H18N2O4S2. The zero-order valence-electron chi connectivity index (χ0n) is 14.6. The Morgan fingerprint density at radius 1 is 1.26 bits per heavy atom. The highest BCUT2D eigenvalue weighted by Gasteiger charge is 2.20.